The third-order valence-electron chi connectivity index (χ3n) is 2.81. The Morgan fingerprint density at radius 3 is 2.48 bits per heavy atom. The first-order valence-corrected chi connectivity index (χ1v) is 10.5. The number of sulfone groups is 1. The van der Waals surface area contributed by atoms with E-state index in [1.165, 1.54) is 0 Å². The number of hydrogen-bond acceptors (Lipinski definition) is 4. The van der Waals surface area contributed by atoms with Gasteiger partial charge in [0.2, 0.25) is 0 Å². The molecule has 0 N–H and O–H groups in total. The van der Waals surface area contributed by atoms with E-state index in [2.05, 4.69) is 31.9 Å². The van der Waals surface area contributed by atoms with Crippen LogP contribution in [-0.2, 0) is 15.2 Å². The summed E-state index contributed by atoms with van der Waals surface area (Å²) in [7, 11) is -2.94. The van der Waals surface area contributed by atoms with Crippen molar-refractivity contribution >= 4 is 41.7 Å². The van der Waals surface area contributed by atoms with Gasteiger partial charge < -0.3 is 9.47 Å². The van der Waals surface area contributed by atoms with Crippen molar-refractivity contribution in [3.63, 3.8) is 0 Å². The fourth-order valence-corrected chi connectivity index (χ4v) is 3.47. The van der Waals surface area contributed by atoms with Crippen LogP contribution in [0.15, 0.2) is 16.6 Å². The lowest BCUT2D eigenvalue weighted by molar-refractivity contribution is 0.275. The second-order valence-corrected chi connectivity index (χ2v) is 8.30. The highest BCUT2D eigenvalue weighted by Crippen LogP contribution is 2.37. The lowest BCUT2D eigenvalue weighted by Crippen LogP contribution is -2.12. The van der Waals surface area contributed by atoms with Gasteiger partial charge in [0.15, 0.2) is 11.5 Å². The van der Waals surface area contributed by atoms with Crippen LogP contribution in [-0.4, -0.2) is 33.1 Å². The maximum atomic E-state index is 11.4. The molecule has 0 aromatic heterocycles. The smallest absolute Gasteiger partial charge is 0.175 e. The minimum Gasteiger partial charge on any atom is -0.490 e. The first kappa shape index (κ1) is 18.8. The summed E-state index contributed by atoms with van der Waals surface area (Å²) < 4.78 is 35.0. The Bertz CT molecular complexity index is 558. The van der Waals surface area contributed by atoms with E-state index >= 15 is 0 Å². The average Bonchev–Trinajstić information content (AvgIpc) is 2.45. The predicted molar refractivity (Wildman–Crippen MR) is 92.4 cm³/mol. The van der Waals surface area contributed by atoms with Gasteiger partial charge in [0, 0.05) is 11.1 Å². The van der Waals surface area contributed by atoms with E-state index in [9.17, 15) is 8.42 Å². The number of rotatable bonds is 9. The van der Waals surface area contributed by atoms with Crippen molar-refractivity contribution in [2.75, 3.05) is 24.7 Å². The SMILES string of the molecule is CCOc1cc(CBr)cc(Br)c1OCCCS(=O)(=O)CC. The maximum absolute atomic E-state index is 11.4. The van der Waals surface area contributed by atoms with Crippen molar-refractivity contribution in [3.8, 4) is 11.5 Å². The molecule has 0 radical (unpaired) electrons. The summed E-state index contributed by atoms with van der Waals surface area (Å²) in [5.41, 5.74) is 1.08. The summed E-state index contributed by atoms with van der Waals surface area (Å²) in [5.74, 6) is 1.60. The van der Waals surface area contributed by atoms with E-state index in [0.717, 1.165) is 15.4 Å². The zero-order valence-electron chi connectivity index (χ0n) is 12.2. The summed E-state index contributed by atoms with van der Waals surface area (Å²) in [4.78, 5) is 0. The summed E-state index contributed by atoms with van der Waals surface area (Å²) in [5, 5.41) is 0.723. The molecule has 1 aromatic carbocycles. The van der Waals surface area contributed by atoms with Crippen molar-refractivity contribution in [2.45, 2.75) is 25.6 Å². The molecule has 1 aromatic rings. The molecule has 7 heteroatoms. The second kappa shape index (κ2) is 9.00. The van der Waals surface area contributed by atoms with Crippen molar-refractivity contribution in [3.05, 3.63) is 22.2 Å². The molecule has 21 heavy (non-hydrogen) atoms. The zero-order valence-corrected chi connectivity index (χ0v) is 16.2. The Labute approximate surface area is 143 Å². The molecule has 0 aliphatic heterocycles. The molecule has 0 atom stereocenters. The molecule has 1 rings (SSSR count). The van der Waals surface area contributed by atoms with Crippen LogP contribution in [0.1, 0.15) is 25.8 Å². The van der Waals surface area contributed by atoms with Gasteiger partial charge >= 0.3 is 0 Å². The zero-order chi connectivity index (χ0) is 15.9. The standard InChI is InChI=1S/C14H20Br2O4S/c1-3-19-13-9-11(10-15)8-12(16)14(13)20-6-5-7-21(17,18)4-2/h8-9H,3-7,10H2,1-2H3. The Morgan fingerprint density at radius 2 is 1.90 bits per heavy atom. The Kier molecular flexibility index (Phi) is 8.05. The summed E-state index contributed by atoms with van der Waals surface area (Å²) in [6.45, 7) is 4.44. The Hall–Kier alpha value is -0.270. The van der Waals surface area contributed by atoms with E-state index in [1.54, 1.807) is 6.92 Å². The van der Waals surface area contributed by atoms with Crippen LogP contribution in [0.3, 0.4) is 0 Å². The molecule has 0 heterocycles. The Balaban J connectivity index is 2.73. The van der Waals surface area contributed by atoms with Gasteiger partial charge in [-0.1, -0.05) is 22.9 Å². The van der Waals surface area contributed by atoms with Gasteiger partial charge in [-0.05, 0) is 47.0 Å². The maximum Gasteiger partial charge on any atom is 0.175 e. The van der Waals surface area contributed by atoms with Crippen LogP contribution < -0.4 is 9.47 Å². The van der Waals surface area contributed by atoms with Gasteiger partial charge in [-0.25, -0.2) is 8.42 Å². The lowest BCUT2D eigenvalue weighted by atomic mass is 10.2. The van der Waals surface area contributed by atoms with Crippen LogP contribution >= 0.6 is 31.9 Å². The van der Waals surface area contributed by atoms with Crippen molar-refractivity contribution in [2.24, 2.45) is 0 Å². The van der Waals surface area contributed by atoms with Gasteiger partial charge in [-0.15, -0.1) is 0 Å². The fraction of sp³-hybridized carbons (Fsp3) is 0.571. The molecule has 120 valence electrons. The van der Waals surface area contributed by atoms with Gasteiger partial charge in [0.25, 0.3) is 0 Å². The molecule has 0 aliphatic carbocycles. The highest BCUT2D eigenvalue weighted by Gasteiger charge is 2.13. The molecule has 0 unspecified atom stereocenters. The fourth-order valence-electron chi connectivity index (χ4n) is 1.70. The van der Waals surface area contributed by atoms with E-state index in [0.29, 0.717) is 31.1 Å². The first-order chi connectivity index (χ1) is 9.93. The topological polar surface area (TPSA) is 52.6 Å². The van der Waals surface area contributed by atoms with Crippen LogP contribution in [0, 0.1) is 0 Å². The molecule has 0 saturated carbocycles. The lowest BCUT2D eigenvalue weighted by Gasteiger charge is -2.15. The first-order valence-electron chi connectivity index (χ1n) is 6.77. The largest absolute Gasteiger partial charge is 0.490 e. The van der Waals surface area contributed by atoms with Gasteiger partial charge in [0.05, 0.1) is 23.4 Å². The monoisotopic (exact) mass is 442 g/mol. The summed E-state index contributed by atoms with van der Waals surface area (Å²) in [6.07, 6.45) is 0.467. The number of ether oxygens (including phenoxy) is 2. The van der Waals surface area contributed by atoms with E-state index in [1.807, 2.05) is 19.1 Å². The predicted octanol–water partition coefficient (Wildman–Crippen LogP) is 3.95. The molecular weight excluding hydrogens is 424 g/mol. The number of benzene rings is 1. The van der Waals surface area contributed by atoms with Crippen molar-refractivity contribution < 1.29 is 17.9 Å². The molecular formula is C14H20Br2O4S. The Morgan fingerprint density at radius 1 is 1.19 bits per heavy atom. The molecule has 0 saturated heterocycles. The molecule has 4 nitrogen and oxygen atoms in total. The third-order valence-corrected chi connectivity index (χ3v) is 5.84. The van der Waals surface area contributed by atoms with Crippen LogP contribution in [0.2, 0.25) is 0 Å². The number of alkyl halides is 1. The molecule has 0 spiro atoms. The molecule has 0 fully saturated rings. The summed E-state index contributed by atoms with van der Waals surface area (Å²) in [6, 6.07) is 3.87. The molecule has 0 amide bonds. The minimum absolute atomic E-state index is 0.143. The van der Waals surface area contributed by atoms with Crippen LogP contribution in [0.25, 0.3) is 0 Å². The van der Waals surface area contributed by atoms with Crippen LogP contribution in [0.4, 0.5) is 0 Å². The quantitative estimate of drug-likeness (QED) is 0.428. The summed E-state index contributed by atoms with van der Waals surface area (Å²) >= 11 is 6.88. The third kappa shape index (κ3) is 6.16. The average molecular weight is 444 g/mol. The highest BCUT2D eigenvalue weighted by atomic mass is 79.9. The van der Waals surface area contributed by atoms with E-state index in [4.69, 9.17) is 9.47 Å². The van der Waals surface area contributed by atoms with E-state index in [-0.39, 0.29) is 11.5 Å². The van der Waals surface area contributed by atoms with E-state index < -0.39 is 9.84 Å². The van der Waals surface area contributed by atoms with Gasteiger partial charge in [-0.2, -0.15) is 0 Å². The number of hydrogen-bond donors (Lipinski definition) is 0. The van der Waals surface area contributed by atoms with Crippen LogP contribution in [0.5, 0.6) is 11.5 Å². The second-order valence-electron chi connectivity index (χ2n) is 4.41. The van der Waals surface area contributed by atoms with Gasteiger partial charge in [-0.3, -0.25) is 0 Å². The normalized spacial score (nSPS) is 11.4. The number of halogens is 2. The molecule has 0 bridgehead atoms. The highest BCUT2D eigenvalue weighted by molar-refractivity contribution is 9.10. The minimum atomic E-state index is -2.94. The van der Waals surface area contributed by atoms with Gasteiger partial charge in [0.1, 0.15) is 9.84 Å². The molecule has 0 aliphatic rings. The van der Waals surface area contributed by atoms with Crippen molar-refractivity contribution in [1.29, 1.82) is 0 Å². The van der Waals surface area contributed by atoms with Crippen molar-refractivity contribution in [1.82, 2.24) is 0 Å².